The molecule has 0 amide bonds. The van der Waals surface area contributed by atoms with Gasteiger partial charge in [-0.05, 0) is 115 Å². The van der Waals surface area contributed by atoms with Crippen molar-refractivity contribution < 1.29 is 21.6 Å². The third kappa shape index (κ3) is 9.43. The first-order valence-corrected chi connectivity index (χ1v) is 22.9. The highest BCUT2D eigenvalue weighted by molar-refractivity contribution is 7.92. The zero-order chi connectivity index (χ0) is 41.9. The average Bonchev–Trinajstić information content (AvgIpc) is 3.18. The fourth-order valence-electron chi connectivity index (χ4n) is 6.62. The van der Waals surface area contributed by atoms with Gasteiger partial charge in [-0.3, -0.25) is 0 Å². The van der Waals surface area contributed by atoms with Gasteiger partial charge in [-0.1, -0.05) is 47.5 Å². The first kappa shape index (κ1) is 42.9. The number of benzene rings is 3. The van der Waals surface area contributed by atoms with Gasteiger partial charge in [0.25, 0.3) is 0 Å². The minimum Gasteiger partial charge on any atom is -0.489 e. The van der Waals surface area contributed by atoms with Crippen LogP contribution in [0.3, 0.4) is 0 Å². The van der Waals surface area contributed by atoms with Crippen molar-refractivity contribution in [3.63, 3.8) is 0 Å². The van der Waals surface area contributed by atoms with Crippen molar-refractivity contribution in [3.05, 3.63) is 94.2 Å². The second-order valence-corrected chi connectivity index (χ2v) is 20.7. The van der Waals surface area contributed by atoms with E-state index in [2.05, 4.69) is 48.8 Å². The number of aromatic nitrogens is 4. The molecular weight excluding hydrogens is 820 g/mol. The van der Waals surface area contributed by atoms with Gasteiger partial charge in [-0.25, -0.2) is 26.8 Å². The van der Waals surface area contributed by atoms with Crippen molar-refractivity contribution in [1.82, 2.24) is 19.9 Å². The Balaban J connectivity index is 1.20. The van der Waals surface area contributed by atoms with Crippen LogP contribution in [0.25, 0.3) is 0 Å². The Labute approximate surface area is 350 Å². The Kier molecular flexibility index (Phi) is 13.1. The zero-order valence-corrected chi connectivity index (χ0v) is 36.6. The second kappa shape index (κ2) is 17.7. The van der Waals surface area contributed by atoms with E-state index in [1.807, 2.05) is 19.9 Å². The topological polar surface area (TPSA) is 168 Å². The largest absolute Gasteiger partial charge is 0.489 e. The van der Waals surface area contributed by atoms with E-state index in [1.165, 1.54) is 12.4 Å². The van der Waals surface area contributed by atoms with Gasteiger partial charge in [0.15, 0.2) is 31.3 Å². The molecule has 6 rings (SSSR count). The van der Waals surface area contributed by atoms with Crippen LogP contribution in [0.2, 0.25) is 10.0 Å². The molecule has 58 heavy (non-hydrogen) atoms. The highest BCUT2D eigenvalue weighted by Crippen LogP contribution is 2.39. The first-order chi connectivity index (χ1) is 27.4. The summed E-state index contributed by atoms with van der Waals surface area (Å²) in [5.74, 6) is 2.17. The molecule has 308 valence electrons. The van der Waals surface area contributed by atoms with Crippen LogP contribution in [0.4, 0.5) is 40.6 Å². The molecular formula is C41H48Cl2N8O5S2. The third-order valence-electron chi connectivity index (χ3n) is 9.81. The Morgan fingerprint density at radius 1 is 0.707 bits per heavy atom. The molecule has 3 N–H and O–H groups in total. The summed E-state index contributed by atoms with van der Waals surface area (Å²) in [5, 5.41) is 8.83. The van der Waals surface area contributed by atoms with E-state index in [0.717, 1.165) is 24.0 Å². The number of hydrogen-bond donors (Lipinski definition) is 3. The molecule has 1 fully saturated rings. The summed E-state index contributed by atoms with van der Waals surface area (Å²) in [4.78, 5) is 20.7. The molecule has 1 saturated heterocycles. The smallest absolute Gasteiger partial charge is 0.229 e. The molecule has 3 heterocycles. The molecule has 13 nitrogen and oxygen atoms in total. The number of hydrogen-bond acceptors (Lipinski definition) is 13. The molecule has 17 heteroatoms. The van der Waals surface area contributed by atoms with Gasteiger partial charge in [-0.15, -0.1) is 0 Å². The number of ether oxygens (including phenoxy) is 1. The van der Waals surface area contributed by atoms with Gasteiger partial charge in [0.05, 0.1) is 55.9 Å². The predicted octanol–water partition coefficient (Wildman–Crippen LogP) is 9.65. The lowest BCUT2D eigenvalue weighted by molar-refractivity contribution is 0.243. The maximum absolute atomic E-state index is 13.1. The third-order valence-corrected chi connectivity index (χ3v) is 14.8. The molecule has 0 bridgehead atoms. The molecule has 0 saturated carbocycles. The van der Waals surface area contributed by atoms with Crippen molar-refractivity contribution in [2.45, 2.75) is 93.6 Å². The lowest BCUT2D eigenvalue weighted by Gasteiger charge is -2.33. The van der Waals surface area contributed by atoms with E-state index < -0.39 is 30.2 Å². The lowest BCUT2D eigenvalue weighted by atomic mass is 9.86. The molecule has 0 aliphatic carbocycles. The number of anilines is 7. The van der Waals surface area contributed by atoms with E-state index in [-0.39, 0.29) is 43.6 Å². The van der Waals surface area contributed by atoms with Crippen LogP contribution >= 0.6 is 23.2 Å². The normalized spacial score (nSPS) is 14.0. The standard InChI is InChI=1S/C41H48Cl2N8O5S2/c1-24(2)56-35-21-29(27(7)20-34(35)48-40-44-22-30(42)38(49-40)46-32-12-8-10-14-36(32)57(52,53)25(3)4)28-16-18-51(19-17-28)41-45-23-31(43)39(50-41)47-33-13-9-11-15-37(33)58(54,55)26(5)6/h8-15,20-26,28H,16-19H2,1-7H3,(H,45,47,50)(H2,44,46,48,49). The van der Waals surface area contributed by atoms with E-state index in [1.54, 1.807) is 76.2 Å². The highest BCUT2D eigenvalue weighted by atomic mass is 35.5. The number of para-hydroxylation sites is 2. The quantitative estimate of drug-likeness (QED) is 0.0966. The number of sulfone groups is 2. The summed E-state index contributed by atoms with van der Waals surface area (Å²) in [6, 6.07) is 17.5. The van der Waals surface area contributed by atoms with Crippen molar-refractivity contribution in [2.75, 3.05) is 33.9 Å². The Hall–Kier alpha value is -4.70. The highest BCUT2D eigenvalue weighted by Gasteiger charge is 2.28. The predicted molar refractivity (Wildman–Crippen MR) is 233 cm³/mol. The number of nitrogens with one attached hydrogen (secondary N) is 3. The molecule has 1 aliphatic rings. The minimum absolute atomic E-state index is 0.122. The van der Waals surface area contributed by atoms with E-state index >= 15 is 0 Å². The van der Waals surface area contributed by atoms with Crippen LogP contribution in [0.15, 0.2) is 82.8 Å². The summed E-state index contributed by atoms with van der Waals surface area (Å²) in [7, 11) is -7.15. The molecule has 0 unspecified atom stereocenters. The van der Waals surface area contributed by atoms with E-state index in [4.69, 9.17) is 32.9 Å². The summed E-state index contributed by atoms with van der Waals surface area (Å²) in [6.07, 6.45) is 4.51. The van der Waals surface area contributed by atoms with Gasteiger partial charge in [0.2, 0.25) is 11.9 Å². The molecule has 0 spiro atoms. The molecule has 2 aromatic heterocycles. The number of aryl methyl sites for hydroxylation is 1. The van der Waals surface area contributed by atoms with Gasteiger partial charge in [0, 0.05) is 13.1 Å². The van der Waals surface area contributed by atoms with Crippen molar-refractivity contribution in [1.29, 1.82) is 0 Å². The van der Waals surface area contributed by atoms with Crippen molar-refractivity contribution in [2.24, 2.45) is 0 Å². The maximum atomic E-state index is 13.1. The van der Waals surface area contributed by atoms with Crippen molar-refractivity contribution in [3.8, 4) is 5.75 Å². The summed E-state index contributed by atoms with van der Waals surface area (Å²) in [5.41, 5.74) is 3.64. The van der Waals surface area contributed by atoms with Gasteiger partial charge in [0.1, 0.15) is 15.8 Å². The fraction of sp³-hybridized carbons (Fsp3) is 0.366. The van der Waals surface area contributed by atoms with Crippen LogP contribution in [0.1, 0.15) is 71.4 Å². The zero-order valence-electron chi connectivity index (χ0n) is 33.4. The van der Waals surface area contributed by atoms with Crippen LogP contribution < -0.4 is 25.6 Å². The number of piperidine rings is 1. The first-order valence-electron chi connectivity index (χ1n) is 19.0. The van der Waals surface area contributed by atoms with Crippen LogP contribution in [-0.4, -0.2) is 66.5 Å². The Morgan fingerprint density at radius 2 is 1.22 bits per heavy atom. The second-order valence-electron chi connectivity index (χ2n) is 14.9. The van der Waals surface area contributed by atoms with Crippen LogP contribution in [0, 0.1) is 6.92 Å². The molecule has 3 aromatic carbocycles. The van der Waals surface area contributed by atoms with E-state index in [9.17, 15) is 16.8 Å². The number of halogens is 2. The summed E-state index contributed by atoms with van der Waals surface area (Å²) in [6.45, 7) is 13.9. The summed E-state index contributed by atoms with van der Waals surface area (Å²) >= 11 is 13.0. The van der Waals surface area contributed by atoms with Gasteiger partial charge >= 0.3 is 0 Å². The molecule has 0 radical (unpaired) electrons. The van der Waals surface area contributed by atoms with Crippen molar-refractivity contribution >= 4 is 83.5 Å². The number of nitrogens with zero attached hydrogens (tertiary/aromatic N) is 5. The van der Waals surface area contributed by atoms with E-state index in [0.29, 0.717) is 47.7 Å². The SMILES string of the molecule is Cc1cc(Nc2ncc(Cl)c(Nc3ccccc3S(=O)(=O)C(C)C)n2)c(OC(C)C)cc1C1CCN(c2ncc(Cl)c(Nc3ccccc3S(=O)(=O)C(C)C)n2)CC1. The summed E-state index contributed by atoms with van der Waals surface area (Å²) < 4.78 is 58.6. The Morgan fingerprint density at radius 3 is 1.76 bits per heavy atom. The lowest BCUT2D eigenvalue weighted by Crippen LogP contribution is -2.34. The molecule has 1 aliphatic heterocycles. The number of rotatable bonds is 14. The Bertz CT molecular complexity index is 2510. The average molecular weight is 868 g/mol. The monoisotopic (exact) mass is 866 g/mol. The molecule has 5 aromatic rings. The van der Waals surface area contributed by atoms with Gasteiger partial charge in [-0.2, -0.15) is 9.97 Å². The van der Waals surface area contributed by atoms with Crippen LogP contribution in [0.5, 0.6) is 5.75 Å². The maximum Gasteiger partial charge on any atom is 0.229 e. The molecule has 0 atom stereocenters. The minimum atomic E-state index is -3.59. The fourth-order valence-corrected chi connectivity index (χ4v) is 9.30. The van der Waals surface area contributed by atoms with Crippen LogP contribution in [-0.2, 0) is 19.7 Å². The van der Waals surface area contributed by atoms with Gasteiger partial charge < -0.3 is 25.6 Å².